The van der Waals surface area contributed by atoms with Crippen molar-refractivity contribution in [2.45, 2.75) is 315 Å². The Labute approximate surface area is 520 Å². The van der Waals surface area contributed by atoms with Gasteiger partial charge in [0.2, 0.25) is 0 Å². The van der Waals surface area contributed by atoms with Gasteiger partial charge < -0.3 is 14.6 Å². The summed E-state index contributed by atoms with van der Waals surface area (Å²) in [6.07, 6.45) is 111. The van der Waals surface area contributed by atoms with Gasteiger partial charge in [0.05, 0.1) is 6.61 Å². The van der Waals surface area contributed by atoms with Crippen LogP contribution in [0, 0.1) is 0 Å². The molecule has 0 amide bonds. The average Bonchev–Trinajstić information content (AvgIpc) is 3.51. The van der Waals surface area contributed by atoms with Crippen LogP contribution < -0.4 is 0 Å². The first-order valence-corrected chi connectivity index (χ1v) is 35.0. The number of aliphatic hydroxyl groups excluding tert-OH is 1. The predicted octanol–water partition coefficient (Wildman–Crippen LogP) is 24.6. The highest BCUT2D eigenvalue weighted by Crippen LogP contribution is 2.17. The SMILES string of the molecule is CC/C=C\C/C=C\C/C=C\C/C=C\C/C=C\C/C=C\C/C=C\CCCCCCCCCC(=O)OC(CO)COC(=O)CCCCCCCCCCCCCCCCCCCCCCCC/C=C\C/C=C\C/C=C\C/C=C\C/C=C\C/C=C\CC. The van der Waals surface area contributed by atoms with E-state index in [-0.39, 0.29) is 25.2 Å². The number of rotatable bonds is 63. The minimum absolute atomic E-state index is 0.0758. The lowest BCUT2D eigenvalue weighted by Gasteiger charge is -2.15. The summed E-state index contributed by atoms with van der Waals surface area (Å²) in [4.78, 5) is 24.7. The molecule has 0 spiro atoms. The Morgan fingerprint density at radius 2 is 0.476 bits per heavy atom. The number of allylic oxidation sites excluding steroid dienone is 26. The zero-order chi connectivity index (χ0) is 60.5. The highest BCUT2D eigenvalue weighted by Gasteiger charge is 2.16. The molecule has 5 heteroatoms. The zero-order valence-corrected chi connectivity index (χ0v) is 54.6. The molecule has 0 heterocycles. The fraction of sp³-hybridized carbons (Fsp3) is 0.646. The maximum absolute atomic E-state index is 12.4. The molecular weight excluding hydrogens is 1030 g/mol. The number of carbonyl (C=O) groups excluding carboxylic acids is 2. The number of unbranched alkanes of at least 4 members (excludes halogenated alkanes) is 29. The van der Waals surface area contributed by atoms with E-state index >= 15 is 0 Å². The van der Waals surface area contributed by atoms with Crippen LogP contribution in [0.2, 0.25) is 0 Å². The fourth-order valence-electron chi connectivity index (χ4n) is 9.66. The molecule has 0 bridgehead atoms. The summed E-state index contributed by atoms with van der Waals surface area (Å²) < 4.78 is 10.7. The molecule has 0 rings (SSSR count). The molecule has 0 fully saturated rings. The number of aliphatic hydroxyl groups is 1. The third-order valence-corrected chi connectivity index (χ3v) is 14.8. The second-order valence-electron chi connectivity index (χ2n) is 22.8. The Hall–Kier alpha value is -4.48. The summed E-state index contributed by atoms with van der Waals surface area (Å²) in [6.45, 7) is 3.92. The predicted molar refractivity (Wildman–Crippen MR) is 370 cm³/mol. The molecule has 0 aliphatic heterocycles. The zero-order valence-electron chi connectivity index (χ0n) is 54.6. The van der Waals surface area contributed by atoms with Crippen molar-refractivity contribution in [3.05, 3.63) is 158 Å². The van der Waals surface area contributed by atoms with Gasteiger partial charge in [-0.1, -0.05) is 332 Å². The van der Waals surface area contributed by atoms with E-state index in [0.717, 1.165) is 128 Å². The highest BCUT2D eigenvalue weighted by atomic mass is 16.6. The van der Waals surface area contributed by atoms with Crippen LogP contribution in [0.4, 0.5) is 0 Å². The van der Waals surface area contributed by atoms with E-state index in [4.69, 9.17) is 9.47 Å². The summed E-state index contributed by atoms with van der Waals surface area (Å²) in [5, 5.41) is 9.70. The maximum Gasteiger partial charge on any atom is 0.306 e. The molecule has 1 unspecified atom stereocenters. The topological polar surface area (TPSA) is 72.8 Å². The van der Waals surface area contributed by atoms with Crippen LogP contribution in [0.1, 0.15) is 309 Å². The van der Waals surface area contributed by atoms with Gasteiger partial charge in [0.25, 0.3) is 0 Å². The summed E-state index contributed by atoms with van der Waals surface area (Å²) in [6, 6.07) is 0. The van der Waals surface area contributed by atoms with Gasteiger partial charge >= 0.3 is 11.9 Å². The van der Waals surface area contributed by atoms with Crippen LogP contribution in [0.3, 0.4) is 0 Å². The molecule has 1 atom stereocenters. The van der Waals surface area contributed by atoms with Crippen LogP contribution in [-0.4, -0.2) is 36.4 Å². The molecule has 0 aromatic carbocycles. The van der Waals surface area contributed by atoms with Gasteiger partial charge in [-0.15, -0.1) is 0 Å². The highest BCUT2D eigenvalue weighted by molar-refractivity contribution is 5.70. The van der Waals surface area contributed by atoms with Gasteiger partial charge in [-0.25, -0.2) is 0 Å². The molecule has 1 N–H and O–H groups in total. The second kappa shape index (κ2) is 72.8. The molecule has 0 aliphatic carbocycles. The molecular formula is C79H130O5. The normalized spacial score (nSPS) is 13.2. The molecule has 84 heavy (non-hydrogen) atoms. The smallest absolute Gasteiger partial charge is 0.306 e. The summed E-state index contributed by atoms with van der Waals surface area (Å²) in [5.41, 5.74) is 0. The third kappa shape index (κ3) is 70.0. The van der Waals surface area contributed by atoms with Gasteiger partial charge in [-0.3, -0.25) is 9.59 Å². The molecule has 0 aromatic rings. The van der Waals surface area contributed by atoms with E-state index in [1.54, 1.807) is 0 Å². The average molecular weight is 1160 g/mol. The number of esters is 2. The van der Waals surface area contributed by atoms with Crippen molar-refractivity contribution in [2.75, 3.05) is 13.2 Å². The van der Waals surface area contributed by atoms with Crippen molar-refractivity contribution in [3.8, 4) is 0 Å². The van der Waals surface area contributed by atoms with Crippen molar-refractivity contribution < 1.29 is 24.2 Å². The van der Waals surface area contributed by atoms with Crippen molar-refractivity contribution >= 4 is 11.9 Å². The number of ether oxygens (including phenoxy) is 2. The standard InChI is InChI=1S/C79H130O5/c1-3-5-7-9-11-13-15-17-19-21-23-25-27-29-31-33-34-35-36-37-38-39-40-41-42-43-44-46-47-49-51-53-55-57-59-61-63-65-67-69-71-73-78(81)83-76-77(75-80)84-79(82)74-72-70-68-66-64-62-60-58-56-54-52-50-48-45-32-30-28-26-24-22-20-18-16-14-12-10-8-6-4-2/h5-8,11-14,17-20,23-26,29-32,34-35,48,50,54,56,77,80H,3-4,9-10,15-16,21-22,27-28,33,36-47,49,51-53,55,57-76H2,1-2H3/b7-5-,8-6-,13-11-,14-12-,19-17-,20-18-,25-23-,26-24-,31-29-,32-30-,35-34-,50-48-,56-54-. The van der Waals surface area contributed by atoms with E-state index in [9.17, 15) is 14.7 Å². The first-order chi connectivity index (χ1) is 41.6. The Bertz CT molecular complexity index is 1790. The minimum atomic E-state index is -0.788. The summed E-state index contributed by atoms with van der Waals surface area (Å²) in [7, 11) is 0. The van der Waals surface area contributed by atoms with Crippen molar-refractivity contribution in [1.82, 2.24) is 0 Å². The molecule has 0 saturated carbocycles. The van der Waals surface area contributed by atoms with Crippen LogP contribution in [-0.2, 0) is 19.1 Å². The van der Waals surface area contributed by atoms with E-state index in [0.29, 0.717) is 12.8 Å². The van der Waals surface area contributed by atoms with Crippen LogP contribution >= 0.6 is 0 Å². The van der Waals surface area contributed by atoms with Gasteiger partial charge in [0, 0.05) is 12.8 Å². The van der Waals surface area contributed by atoms with Crippen LogP contribution in [0.15, 0.2) is 158 Å². The van der Waals surface area contributed by atoms with E-state index in [1.807, 2.05) is 0 Å². The lowest BCUT2D eigenvalue weighted by molar-refractivity contribution is -0.161. The van der Waals surface area contributed by atoms with Crippen molar-refractivity contribution in [3.63, 3.8) is 0 Å². The fourth-order valence-corrected chi connectivity index (χ4v) is 9.66. The Kier molecular flexibility index (Phi) is 68.9. The summed E-state index contributed by atoms with van der Waals surface area (Å²) in [5.74, 6) is -0.601. The molecule has 0 radical (unpaired) electrons. The lowest BCUT2D eigenvalue weighted by Crippen LogP contribution is -2.28. The largest absolute Gasteiger partial charge is 0.462 e. The molecule has 476 valence electrons. The minimum Gasteiger partial charge on any atom is -0.462 e. The molecule has 0 aromatic heterocycles. The Morgan fingerprint density at radius 3 is 0.714 bits per heavy atom. The molecule has 5 nitrogen and oxygen atoms in total. The van der Waals surface area contributed by atoms with E-state index in [2.05, 4.69) is 172 Å². The van der Waals surface area contributed by atoms with Gasteiger partial charge in [0.15, 0.2) is 6.10 Å². The Morgan fingerprint density at radius 1 is 0.274 bits per heavy atom. The third-order valence-electron chi connectivity index (χ3n) is 14.8. The van der Waals surface area contributed by atoms with Gasteiger partial charge in [-0.05, 0) is 122 Å². The van der Waals surface area contributed by atoms with Crippen LogP contribution in [0.25, 0.3) is 0 Å². The Balaban J connectivity index is 3.49. The van der Waals surface area contributed by atoms with Gasteiger partial charge in [-0.2, -0.15) is 0 Å². The van der Waals surface area contributed by atoms with Crippen molar-refractivity contribution in [2.24, 2.45) is 0 Å². The monoisotopic (exact) mass is 1160 g/mol. The van der Waals surface area contributed by atoms with E-state index in [1.165, 1.54) is 154 Å². The van der Waals surface area contributed by atoms with E-state index < -0.39 is 6.10 Å². The number of hydrogen-bond donors (Lipinski definition) is 1. The van der Waals surface area contributed by atoms with Crippen molar-refractivity contribution in [1.29, 1.82) is 0 Å². The first-order valence-electron chi connectivity index (χ1n) is 35.0. The quantitative estimate of drug-likeness (QED) is 0.0373. The summed E-state index contributed by atoms with van der Waals surface area (Å²) >= 11 is 0. The maximum atomic E-state index is 12.4. The number of hydrogen-bond acceptors (Lipinski definition) is 5. The van der Waals surface area contributed by atoms with Crippen LogP contribution in [0.5, 0.6) is 0 Å². The van der Waals surface area contributed by atoms with Gasteiger partial charge in [0.1, 0.15) is 6.61 Å². The molecule has 0 saturated heterocycles. The number of carbonyl (C=O) groups is 2. The second-order valence-corrected chi connectivity index (χ2v) is 22.8. The first kappa shape index (κ1) is 79.5. The molecule has 0 aliphatic rings. The lowest BCUT2D eigenvalue weighted by atomic mass is 10.0.